The minimum atomic E-state index is -4.95. The summed E-state index contributed by atoms with van der Waals surface area (Å²) in [6.45, 7) is 1.35. The summed E-state index contributed by atoms with van der Waals surface area (Å²) in [6.07, 6.45) is -2.43. The summed E-state index contributed by atoms with van der Waals surface area (Å²) in [5.74, 6) is -2.03. The van der Waals surface area contributed by atoms with E-state index in [2.05, 4.69) is 5.10 Å². The van der Waals surface area contributed by atoms with Gasteiger partial charge in [-0.3, -0.25) is 4.79 Å². The first-order valence-corrected chi connectivity index (χ1v) is 9.85. The van der Waals surface area contributed by atoms with E-state index in [-0.39, 0.29) is 28.9 Å². The van der Waals surface area contributed by atoms with Crippen molar-refractivity contribution in [2.75, 3.05) is 13.2 Å². The van der Waals surface area contributed by atoms with Crippen LogP contribution in [0.4, 0.5) is 13.2 Å². The van der Waals surface area contributed by atoms with E-state index in [9.17, 15) is 22.8 Å². The first-order valence-electron chi connectivity index (χ1n) is 9.85. The highest BCUT2D eigenvalue weighted by molar-refractivity contribution is 5.84. The van der Waals surface area contributed by atoms with Gasteiger partial charge < -0.3 is 13.9 Å². The van der Waals surface area contributed by atoms with Crippen LogP contribution in [0.25, 0.3) is 27.8 Å². The van der Waals surface area contributed by atoms with Crippen LogP contribution >= 0.6 is 0 Å². The fourth-order valence-electron chi connectivity index (χ4n) is 3.24. The van der Waals surface area contributed by atoms with Crippen molar-refractivity contribution in [2.45, 2.75) is 13.1 Å². The van der Waals surface area contributed by atoms with Gasteiger partial charge in [-0.2, -0.15) is 18.3 Å². The molecule has 0 saturated heterocycles. The minimum Gasteiger partial charge on any atom is -0.482 e. The van der Waals surface area contributed by atoms with Crippen LogP contribution in [0.3, 0.4) is 0 Å². The molecule has 0 unspecified atom stereocenters. The second-order valence-corrected chi connectivity index (χ2v) is 6.89. The third kappa shape index (κ3) is 4.59. The highest BCUT2D eigenvalue weighted by atomic mass is 19.4. The number of fused-ring (bicyclic) bond motifs is 1. The van der Waals surface area contributed by atoms with E-state index < -0.39 is 35.5 Å². The minimum absolute atomic E-state index is 0.0375. The highest BCUT2D eigenvalue weighted by Crippen LogP contribution is 2.37. The molecule has 2 heterocycles. The summed E-state index contributed by atoms with van der Waals surface area (Å²) in [5.41, 5.74) is -1.26. The predicted octanol–water partition coefficient (Wildman–Crippen LogP) is 4.61. The van der Waals surface area contributed by atoms with Crippen molar-refractivity contribution in [3.8, 4) is 22.6 Å². The van der Waals surface area contributed by atoms with Crippen molar-refractivity contribution in [3.05, 3.63) is 76.9 Å². The van der Waals surface area contributed by atoms with Crippen molar-refractivity contribution < 1.29 is 31.9 Å². The monoisotopic (exact) mass is 458 g/mol. The molecule has 170 valence electrons. The molecule has 0 amide bonds. The molecule has 0 bridgehead atoms. The number of hydrogen-bond acceptors (Lipinski definition) is 6. The van der Waals surface area contributed by atoms with Gasteiger partial charge in [0.05, 0.1) is 29.4 Å². The number of ether oxygens (including phenoxy) is 2. The second-order valence-electron chi connectivity index (χ2n) is 6.89. The van der Waals surface area contributed by atoms with Gasteiger partial charge in [-0.05, 0) is 31.2 Å². The molecule has 0 fully saturated rings. The number of carbonyl (C=O) groups excluding carboxylic acids is 1. The fourth-order valence-corrected chi connectivity index (χ4v) is 3.24. The Labute approximate surface area is 185 Å². The van der Waals surface area contributed by atoms with Crippen molar-refractivity contribution in [1.29, 1.82) is 0 Å². The van der Waals surface area contributed by atoms with Gasteiger partial charge >= 0.3 is 12.1 Å². The first-order chi connectivity index (χ1) is 15.8. The molecular formula is C23H17F3N2O5. The molecule has 7 nitrogen and oxygen atoms in total. The third-order valence-corrected chi connectivity index (χ3v) is 4.68. The molecule has 2 aromatic carbocycles. The van der Waals surface area contributed by atoms with Gasteiger partial charge in [-0.15, -0.1) is 0 Å². The van der Waals surface area contributed by atoms with E-state index in [0.29, 0.717) is 5.69 Å². The number of para-hydroxylation sites is 1. The van der Waals surface area contributed by atoms with E-state index in [1.807, 2.05) is 0 Å². The van der Waals surface area contributed by atoms with Crippen molar-refractivity contribution in [1.82, 2.24) is 9.78 Å². The summed E-state index contributed by atoms with van der Waals surface area (Å²) in [7, 11) is 0. The number of carbonyl (C=O) groups is 1. The van der Waals surface area contributed by atoms with Gasteiger partial charge in [-0.25, -0.2) is 9.48 Å². The Hall–Kier alpha value is -4.08. The standard InChI is InChI=1S/C23H17F3N2O5/c1-2-31-19(29)13-32-16-8-9-17-18(10-16)33-22(23(24,25)26)20(21(17)30)14-11-27-28(12-14)15-6-4-3-5-7-15/h3-12H,2,13H2,1H3. The quantitative estimate of drug-likeness (QED) is 0.393. The molecule has 33 heavy (non-hydrogen) atoms. The predicted molar refractivity (Wildman–Crippen MR) is 112 cm³/mol. The van der Waals surface area contributed by atoms with Gasteiger partial charge in [0.2, 0.25) is 11.2 Å². The lowest BCUT2D eigenvalue weighted by atomic mass is 10.0. The average Bonchev–Trinajstić information content (AvgIpc) is 3.27. The molecule has 0 spiro atoms. The normalized spacial score (nSPS) is 11.5. The van der Waals surface area contributed by atoms with Crippen LogP contribution < -0.4 is 10.2 Å². The highest BCUT2D eigenvalue weighted by Gasteiger charge is 2.39. The number of nitrogens with zero attached hydrogens (tertiary/aromatic N) is 2. The van der Waals surface area contributed by atoms with Crippen LogP contribution in [-0.2, 0) is 15.7 Å². The summed E-state index contributed by atoms with van der Waals surface area (Å²) in [5, 5.41) is 4.01. The average molecular weight is 458 g/mol. The van der Waals surface area contributed by atoms with E-state index in [1.165, 1.54) is 29.2 Å². The van der Waals surface area contributed by atoms with Gasteiger partial charge in [0.15, 0.2) is 6.61 Å². The first kappa shape index (κ1) is 22.1. The van der Waals surface area contributed by atoms with Crippen molar-refractivity contribution in [2.24, 2.45) is 0 Å². The van der Waals surface area contributed by atoms with Crippen LogP contribution in [0, 0.1) is 0 Å². The molecule has 0 aliphatic rings. The molecule has 10 heteroatoms. The fraction of sp³-hybridized carbons (Fsp3) is 0.174. The number of benzene rings is 2. The third-order valence-electron chi connectivity index (χ3n) is 4.68. The largest absolute Gasteiger partial charge is 0.482 e. The molecule has 4 aromatic rings. The smallest absolute Gasteiger partial charge is 0.450 e. The summed E-state index contributed by atoms with van der Waals surface area (Å²) >= 11 is 0. The Morgan fingerprint density at radius 3 is 2.61 bits per heavy atom. The van der Waals surface area contributed by atoms with Crippen molar-refractivity contribution >= 4 is 16.9 Å². The molecule has 0 aliphatic heterocycles. The number of esters is 1. The number of halogens is 3. The lowest BCUT2D eigenvalue weighted by Crippen LogP contribution is -2.16. The Morgan fingerprint density at radius 2 is 1.91 bits per heavy atom. The maximum absolute atomic E-state index is 13.9. The van der Waals surface area contributed by atoms with E-state index in [0.717, 1.165) is 6.07 Å². The van der Waals surface area contributed by atoms with Crippen LogP contribution in [0.15, 0.2) is 70.1 Å². The maximum atomic E-state index is 13.9. The van der Waals surface area contributed by atoms with Gasteiger partial charge in [0.25, 0.3) is 0 Å². The summed E-state index contributed by atoms with van der Waals surface area (Å²) < 4.78 is 58.1. The van der Waals surface area contributed by atoms with E-state index in [1.54, 1.807) is 37.3 Å². The van der Waals surface area contributed by atoms with Gasteiger partial charge in [0.1, 0.15) is 11.3 Å². The maximum Gasteiger partial charge on any atom is 0.450 e. The Bertz CT molecular complexity index is 1360. The number of aromatic nitrogens is 2. The molecular weight excluding hydrogens is 441 g/mol. The summed E-state index contributed by atoms with van der Waals surface area (Å²) in [4.78, 5) is 24.5. The summed E-state index contributed by atoms with van der Waals surface area (Å²) in [6, 6.07) is 12.5. The van der Waals surface area contributed by atoms with Crippen LogP contribution in [-0.4, -0.2) is 29.0 Å². The Kier molecular flexibility index (Phi) is 5.91. The van der Waals surface area contributed by atoms with Gasteiger partial charge in [0, 0.05) is 17.8 Å². The van der Waals surface area contributed by atoms with Crippen LogP contribution in [0.5, 0.6) is 5.75 Å². The second kappa shape index (κ2) is 8.81. The molecule has 0 saturated carbocycles. The number of rotatable bonds is 6. The molecule has 0 radical (unpaired) electrons. The molecule has 0 N–H and O–H groups in total. The molecule has 4 rings (SSSR count). The molecule has 0 aliphatic carbocycles. The van der Waals surface area contributed by atoms with Crippen LogP contribution in [0.2, 0.25) is 0 Å². The number of alkyl halides is 3. The molecule has 0 atom stereocenters. The molecule has 2 aromatic heterocycles. The van der Waals surface area contributed by atoms with Crippen molar-refractivity contribution in [3.63, 3.8) is 0 Å². The topological polar surface area (TPSA) is 83.6 Å². The van der Waals surface area contributed by atoms with Crippen LogP contribution in [0.1, 0.15) is 12.7 Å². The Balaban J connectivity index is 1.79. The SMILES string of the molecule is CCOC(=O)COc1ccc2c(=O)c(-c3cnn(-c4ccccc4)c3)c(C(F)(F)F)oc2c1. The zero-order chi connectivity index (χ0) is 23.6. The van der Waals surface area contributed by atoms with Gasteiger partial charge in [-0.1, -0.05) is 18.2 Å². The zero-order valence-corrected chi connectivity index (χ0v) is 17.3. The van der Waals surface area contributed by atoms with E-state index >= 15 is 0 Å². The van der Waals surface area contributed by atoms with E-state index in [4.69, 9.17) is 13.9 Å². The lowest BCUT2D eigenvalue weighted by molar-refractivity contribution is -0.152. The Morgan fingerprint density at radius 1 is 1.15 bits per heavy atom. The zero-order valence-electron chi connectivity index (χ0n) is 17.3. The lowest BCUT2D eigenvalue weighted by Gasteiger charge is -2.12. The number of hydrogen-bond donors (Lipinski definition) is 0.